The van der Waals surface area contributed by atoms with Crippen LogP contribution in [0.3, 0.4) is 0 Å². The zero-order valence-electron chi connectivity index (χ0n) is 4.66. The van der Waals surface area contributed by atoms with E-state index in [-0.39, 0.29) is 0 Å². The molecule has 1 heterocycles. The number of halogens is 2. The second-order valence-corrected chi connectivity index (χ2v) is 2.91. The maximum Gasteiger partial charge on any atom is 0.400 e. The molecule has 10 heavy (non-hydrogen) atoms. The molecule has 1 aliphatic rings. The summed E-state index contributed by atoms with van der Waals surface area (Å²) in [6.45, 7) is -0.597. The van der Waals surface area contributed by atoms with Crippen LogP contribution < -0.4 is 0 Å². The zero-order chi connectivity index (χ0) is 7.78. The lowest BCUT2D eigenvalue weighted by atomic mass is 10.4. The number of alkyl halides is 2. The van der Waals surface area contributed by atoms with Crippen LogP contribution in [0.1, 0.15) is 0 Å². The van der Waals surface area contributed by atoms with E-state index in [0.29, 0.717) is 0 Å². The molecule has 1 saturated heterocycles. The minimum absolute atomic E-state index is 0.597. The summed E-state index contributed by atoms with van der Waals surface area (Å²) in [6.07, 6.45) is -4.46. The van der Waals surface area contributed by atoms with E-state index in [1.807, 2.05) is 0 Å². The van der Waals surface area contributed by atoms with Gasteiger partial charge in [-0.1, -0.05) is 0 Å². The zero-order valence-corrected chi connectivity index (χ0v) is 5.48. The van der Waals surface area contributed by atoms with Crippen LogP contribution >= 0.6 is 0 Å². The van der Waals surface area contributed by atoms with Crippen molar-refractivity contribution < 1.29 is 25.6 Å². The molecule has 0 N–H and O–H groups in total. The summed E-state index contributed by atoms with van der Waals surface area (Å²) in [6, 6.07) is 0. The molecule has 1 rings (SSSR count). The van der Waals surface area contributed by atoms with Crippen LogP contribution in [0, 0.1) is 0 Å². The Labute approximate surface area is 56.1 Å². The average molecular weight is 174 g/mol. The van der Waals surface area contributed by atoms with Crippen molar-refractivity contribution in [1.29, 1.82) is 0 Å². The Bertz CT molecular complexity index is 211. The van der Waals surface area contributed by atoms with Gasteiger partial charge in [0.25, 0.3) is 6.43 Å². The van der Waals surface area contributed by atoms with Crippen molar-refractivity contribution in [3.05, 3.63) is 0 Å². The lowest BCUT2D eigenvalue weighted by Gasteiger charge is -2.00. The lowest BCUT2D eigenvalue weighted by Crippen LogP contribution is -2.19. The van der Waals surface area contributed by atoms with Gasteiger partial charge < -0.3 is 0 Å². The predicted molar refractivity (Wildman–Crippen MR) is 25.7 cm³/mol. The van der Waals surface area contributed by atoms with Crippen molar-refractivity contribution in [2.75, 3.05) is 6.61 Å². The van der Waals surface area contributed by atoms with E-state index in [1.165, 1.54) is 0 Å². The van der Waals surface area contributed by atoms with Crippen LogP contribution in [0.25, 0.3) is 0 Å². The molecule has 0 aromatic carbocycles. The summed E-state index contributed by atoms with van der Waals surface area (Å²) in [5.41, 5.74) is 0. The van der Waals surface area contributed by atoms with Gasteiger partial charge in [0.1, 0.15) is 6.61 Å². The molecule has 1 fully saturated rings. The topological polar surface area (TPSA) is 52.6 Å². The molecule has 1 aliphatic heterocycles. The summed E-state index contributed by atoms with van der Waals surface area (Å²) >= 11 is 0. The Morgan fingerprint density at radius 3 is 2.30 bits per heavy atom. The van der Waals surface area contributed by atoms with Gasteiger partial charge in [0.05, 0.1) is 0 Å². The number of rotatable bonds is 1. The molecule has 0 saturated carbocycles. The Morgan fingerprint density at radius 2 is 2.10 bits per heavy atom. The third-order valence-electron chi connectivity index (χ3n) is 0.899. The summed E-state index contributed by atoms with van der Waals surface area (Å²) in [5.74, 6) is 0. The van der Waals surface area contributed by atoms with Crippen LogP contribution in [0.4, 0.5) is 8.78 Å². The molecule has 7 heteroatoms. The van der Waals surface area contributed by atoms with Gasteiger partial charge in [-0.2, -0.15) is 8.42 Å². The Morgan fingerprint density at radius 1 is 1.50 bits per heavy atom. The van der Waals surface area contributed by atoms with Crippen LogP contribution in [-0.2, 0) is 18.8 Å². The first-order valence-corrected chi connectivity index (χ1v) is 3.70. The van der Waals surface area contributed by atoms with Crippen molar-refractivity contribution in [3.8, 4) is 0 Å². The van der Waals surface area contributed by atoms with Crippen molar-refractivity contribution in [3.63, 3.8) is 0 Å². The first-order valence-electron chi connectivity index (χ1n) is 2.37. The number of hydrogen-bond donors (Lipinski definition) is 0. The molecule has 0 radical (unpaired) electrons. The third-order valence-corrected chi connectivity index (χ3v) is 1.81. The highest BCUT2D eigenvalue weighted by atomic mass is 32.3. The molecule has 0 bridgehead atoms. The summed E-state index contributed by atoms with van der Waals surface area (Å²) in [7, 11) is -4.12. The van der Waals surface area contributed by atoms with Gasteiger partial charge in [-0.05, 0) is 0 Å². The summed E-state index contributed by atoms with van der Waals surface area (Å²) in [5, 5.41) is 0. The van der Waals surface area contributed by atoms with E-state index in [4.69, 9.17) is 0 Å². The third kappa shape index (κ3) is 1.61. The predicted octanol–water partition coefficient (Wildman–Crippen LogP) is -0.0883. The Balaban J connectivity index is 2.60. The first kappa shape index (κ1) is 7.83. The molecule has 60 valence electrons. The van der Waals surface area contributed by atoms with Crippen LogP contribution in [-0.4, -0.2) is 27.6 Å². The Kier molecular flexibility index (Phi) is 1.88. The highest BCUT2D eigenvalue weighted by Gasteiger charge is 2.36. The van der Waals surface area contributed by atoms with E-state index in [9.17, 15) is 17.2 Å². The first-order chi connectivity index (χ1) is 4.51. The molecule has 1 atom stereocenters. The molecule has 0 aromatic rings. The van der Waals surface area contributed by atoms with Crippen molar-refractivity contribution in [2.45, 2.75) is 12.5 Å². The minimum atomic E-state index is -4.12. The smallest absolute Gasteiger partial charge is 0.245 e. The van der Waals surface area contributed by atoms with Gasteiger partial charge >= 0.3 is 10.4 Å². The van der Waals surface area contributed by atoms with Gasteiger partial charge in [-0.25, -0.2) is 17.1 Å². The van der Waals surface area contributed by atoms with Gasteiger partial charge in [0.2, 0.25) is 0 Å². The summed E-state index contributed by atoms with van der Waals surface area (Å²) < 4.78 is 51.3. The Hall–Kier alpha value is -0.270. The average Bonchev–Trinajstić information content (AvgIpc) is 2.10. The fraction of sp³-hybridized carbons (Fsp3) is 1.00. The number of hydrogen-bond acceptors (Lipinski definition) is 4. The van der Waals surface area contributed by atoms with Crippen LogP contribution in [0.5, 0.6) is 0 Å². The second-order valence-electron chi connectivity index (χ2n) is 1.66. The second kappa shape index (κ2) is 2.40. The molecule has 1 unspecified atom stereocenters. The maximum absolute atomic E-state index is 11.6. The van der Waals surface area contributed by atoms with E-state index >= 15 is 0 Å². The SMILES string of the molecule is O=S1(=O)OCC(C(F)F)O1. The summed E-state index contributed by atoms with van der Waals surface area (Å²) in [4.78, 5) is 0. The van der Waals surface area contributed by atoms with Gasteiger partial charge in [-0.3, -0.25) is 0 Å². The molecule has 0 aromatic heterocycles. The molecule has 4 nitrogen and oxygen atoms in total. The minimum Gasteiger partial charge on any atom is -0.245 e. The van der Waals surface area contributed by atoms with Gasteiger partial charge in [0, 0.05) is 0 Å². The van der Waals surface area contributed by atoms with E-state index in [2.05, 4.69) is 8.37 Å². The fourth-order valence-corrected chi connectivity index (χ4v) is 1.27. The molecule has 0 aliphatic carbocycles. The van der Waals surface area contributed by atoms with Crippen molar-refractivity contribution in [1.82, 2.24) is 0 Å². The van der Waals surface area contributed by atoms with Gasteiger partial charge in [-0.15, -0.1) is 0 Å². The standard InChI is InChI=1S/C3H4F2O4S/c4-3(5)2-1-8-10(6,7)9-2/h2-3H,1H2. The van der Waals surface area contributed by atoms with E-state index in [1.54, 1.807) is 0 Å². The van der Waals surface area contributed by atoms with E-state index < -0.39 is 29.5 Å². The maximum atomic E-state index is 11.6. The van der Waals surface area contributed by atoms with E-state index in [0.717, 1.165) is 0 Å². The highest BCUT2D eigenvalue weighted by molar-refractivity contribution is 7.82. The van der Waals surface area contributed by atoms with Crippen LogP contribution in [0.2, 0.25) is 0 Å². The quantitative estimate of drug-likeness (QED) is 0.557. The molecular formula is C3H4F2O4S. The highest BCUT2D eigenvalue weighted by Crippen LogP contribution is 2.17. The van der Waals surface area contributed by atoms with Crippen molar-refractivity contribution in [2.24, 2.45) is 0 Å². The largest absolute Gasteiger partial charge is 0.400 e. The molecule has 0 amide bonds. The fourth-order valence-electron chi connectivity index (χ4n) is 0.472. The normalized spacial score (nSPS) is 31.3. The molecular weight excluding hydrogens is 170 g/mol. The molecule has 0 spiro atoms. The van der Waals surface area contributed by atoms with Gasteiger partial charge in [0.15, 0.2) is 6.10 Å². The van der Waals surface area contributed by atoms with Crippen molar-refractivity contribution >= 4 is 10.4 Å². The monoisotopic (exact) mass is 174 g/mol. The lowest BCUT2D eigenvalue weighted by molar-refractivity contribution is 0.0244. The van der Waals surface area contributed by atoms with Crippen LogP contribution in [0.15, 0.2) is 0 Å².